The molecule has 1 rings (SSSR count). The van der Waals surface area contributed by atoms with Crippen LogP contribution < -0.4 is 5.32 Å². The van der Waals surface area contributed by atoms with E-state index in [2.05, 4.69) is 43.4 Å². The molecule has 1 N–H and O–H groups in total. The predicted molar refractivity (Wildman–Crippen MR) is 73.5 cm³/mol. The van der Waals surface area contributed by atoms with Crippen LogP contribution in [-0.4, -0.2) is 18.6 Å². The molecule has 18 heavy (non-hydrogen) atoms. The third-order valence-electron chi connectivity index (χ3n) is 2.61. The number of carbonyl (C=O) groups is 1. The summed E-state index contributed by atoms with van der Waals surface area (Å²) in [5.41, 5.74) is 2.51. The van der Waals surface area contributed by atoms with Gasteiger partial charge in [0.05, 0.1) is 12.6 Å². The normalized spacial score (nSPS) is 11.0. The maximum atomic E-state index is 11.3. The Morgan fingerprint density at radius 3 is 2.28 bits per heavy atom. The first-order chi connectivity index (χ1) is 8.49. The highest BCUT2D eigenvalue weighted by molar-refractivity contribution is 5.71. The van der Waals surface area contributed by atoms with E-state index >= 15 is 0 Å². The number of esters is 1. The summed E-state index contributed by atoms with van der Waals surface area (Å²) >= 11 is 0. The monoisotopic (exact) mass is 249 g/mol. The van der Waals surface area contributed by atoms with Gasteiger partial charge in [0, 0.05) is 6.54 Å². The van der Waals surface area contributed by atoms with Gasteiger partial charge in [0.15, 0.2) is 0 Å². The van der Waals surface area contributed by atoms with Crippen molar-refractivity contribution in [3.63, 3.8) is 0 Å². The summed E-state index contributed by atoms with van der Waals surface area (Å²) in [4.78, 5) is 11.3. The molecule has 0 unspecified atom stereocenters. The molecular formula is C15H23NO2. The zero-order chi connectivity index (χ0) is 13.5. The van der Waals surface area contributed by atoms with E-state index in [0.29, 0.717) is 12.5 Å². The van der Waals surface area contributed by atoms with Crippen molar-refractivity contribution in [2.45, 2.75) is 46.3 Å². The Kier molecular flexibility index (Phi) is 5.86. The second-order valence-electron chi connectivity index (χ2n) is 5.04. The lowest BCUT2D eigenvalue weighted by Crippen LogP contribution is -2.26. The average molecular weight is 249 g/mol. The zero-order valence-electron chi connectivity index (χ0n) is 11.7. The van der Waals surface area contributed by atoms with Gasteiger partial charge in [-0.1, -0.05) is 38.1 Å². The Labute approximate surface area is 110 Å². The van der Waals surface area contributed by atoms with Crippen molar-refractivity contribution in [3.8, 4) is 0 Å². The molecule has 1 aromatic rings. The van der Waals surface area contributed by atoms with Crippen LogP contribution in [0.5, 0.6) is 0 Å². The van der Waals surface area contributed by atoms with Gasteiger partial charge in [-0.15, -0.1) is 0 Å². The summed E-state index contributed by atoms with van der Waals surface area (Å²) < 4.78 is 5.04. The molecule has 100 valence electrons. The quantitative estimate of drug-likeness (QED) is 0.788. The van der Waals surface area contributed by atoms with Crippen molar-refractivity contribution in [2.24, 2.45) is 0 Å². The molecule has 0 heterocycles. The van der Waals surface area contributed by atoms with Crippen LogP contribution in [0, 0.1) is 0 Å². The van der Waals surface area contributed by atoms with Gasteiger partial charge in [-0.2, -0.15) is 0 Å². The Morgan fingerprint density at radius 1 is 1.17 bits per heavy atom. The number of benzene rings is 1. The fraction of sp³-hybridized carbons (Fsp3) is 0.533. The lowest BCUT2D eigenvalue weighted by atomic mass is 10.0. The number of nitrogens with one attached hydrogen (secondary N) is 1. The summed E-state index contributed by atoms with van der Waals surface area (Å²) in [7, 11) is 0. The fourth-order valence-electron chi connectivity index (χ4n) is 1.63. The Bertz CT molecular complexity index is 369. The number of carbonyl (C=O) groups excluding carboxylic acids is 1. The van der Waals surface area contributed by atoms with Gasteiger partial charge in [-0.25, -0.2) is 0 Å². The second kappa shape index (κ2) is 7.17. The van der Waals surface area contributed by atoms with Gasteiger partial charge in [-0.3, -0.25) is 4.79 Å². The number of ether oxygens (including phenoxy) is 1. The maximum absolute atomic E-state index is 11.3. The van der Waals surface area contributed by atoms with Gasteiger partial charge >= 0.3 is 5.97 Å². The number of hydrogen-bond donors (Lipinski definition) is 1. The molecule has 0 amide bonds. The van der Waals surface area contributed by atoms with Crippen LogP contribution in [0.15, 0.2) is 24.3 Å². The molecule has 0 radical (unpaired) electrons. The molecule has 0 bridgehead atoms. The smallest absolute Gasteiger partial charge is 0.320 e. The minimum absolute atomic E-state index is 0.0513. The van der Waals surface area contributed by atoms with Crippen LogP contribution in [-0.2, 0) is 16.1 Å². The van der Waals surface area contributed by atoms with Crippen LogP contribution >= 0.6 is 0 Å². The van der Waals surface area contributed by atoms with Gasteiger partial charge < -0.3 is 10.1 Å². The van der Waals surface area contributed by atoms with E-state index < -0.39 is 0 Å². The van der Waals surface area contributed by atoms with E-state index in [-0.39, 0.29) is 18.6 Å². The van der Waals surface area contributed by atoms with Crippen LogP contribution in [0.4, 0.5) is 0 Å². The molecule has 0 aliphatic rings. The lowest BCUT2D eigenvalue weighted by Gasteiger charge is -2.09. The van der Waals surface area contributed by atoms with Gasteiger partial charge in [0.1, 0.15) is 0 Å². The molecule has 0 aliphatic carbocycles. The van der Waals surface area contributed by atoms with Crippen LogP contribution in [0.3, 0.4) is 0 Å². The average Bonchev–Trinajstić information content (AvgIpc) is 2.28. The van der Waals surface area contributed by atoms with Crippen LogP contribution in [0.1, 0.15) is 44.7 Å². The summed E-state index contributed by atoms with van der Waals surface area (Å²) in [5.74, 6) is 0.344. The highest BCUT2D eigenvalue weighted by Crippen LogP contribution is 2.14. The van der Waals surface area contributed by atoms with E-state index in [1.807, 2.05) is 13.8 Å². The van der Waals surface area contributed by atoms with Gasteiger partial charge in [0.2, 0.25) is 0 Å². The molecule has 1 aromatic carbocycles. The Morgan fingerprint density at radius 2 is 1.78 bits per heavy atom. The van der Waals surface area contributed by atoms with E-state index in [4.69, 9.17) is 4.74 Å². The third-order valence-corrected chi connectivity index (χ3v) is 2.61. The zero-order valence-corrected chi connectivity index (χ0v) is 11.7. The molecule has 3 nitrogen and oxygen atoms in total. The first-order valence-corrected chi connectivity index (χ1v) is 6.48. The van der Waals surface area contributed by atoms with E-state index in [9.17, 15) is 4.79 Å². The first-order valence-electron chi connectivity index (χ1n) is 6.48. The Hall–Kier alpha value is -1.35. The molecule has 0 aliphatic heterocycles. The van der Waals surface area contributed by atoms with Crippen molar-refractivity contribution in [3.05, 3.63) is 35.4 Å². The van der Waals surface area contributed by atoms with E-state index in [1.165, 1.54) is 11.1 Å². The van der Waals surface area contributed by atoms with Crippen molar-refractivity contribution in [1.29, 1.82) is 0 Å². The molecule has 0 saturated carbocycles. The predicted octanol–water partition coefficient (Wildman–Crippen LogP) is 2.85. The van der Waals surface area contributed by atoms with Crippen molar-refractivity contribution < 1.29 is 9.53 Å². The highest BCUT2D eigenvalue weighted by atomic mass is 16.5. The summed E-state index contributed by atoms with van der Waals surface area (Å²) in [6.45, 7) is 8.99. The number of hydrogen-bond acceptors (Lipinski definition) is 3. The summed E-state index contributed by atoms with van der Waals surface area (Å²) in [6.07, 6.45) is -0.0513. The first kappa shape index (κ1) is 14.7. The van der Waals surface area contributed by atoms with Crippen LogP contribution in [0.25, 0.3) is 0 Å². The molecule has 0 spiro atoms. The molecule has 0 fully saturated rings. The lowest BCUT2D eigenvalue weighted by molar-refractivity contribution is -0.146. The van der Waals surface area contributed by atoms with Gasteiger partial charge in [-0.05, 0) is 30.9 Å². The van der Waals surface area contributed by atoms with E-state index in [1.54, 1.807) is 0 Å². The Balaban J connectivity index is 2.33. The molecule has 0 atom stereocenters. The largest absolute Gasteiger partial charge is 0.462 e. The minimum atomic E-state index is -0.205. The molecule has 3 heteroatoms. The minimum Gasteiger partial charge on any atom is -0.462 e. The highest BCUT2D eigenvalue weighted by Gasteiger charge is 2.04. The SMILES string of the molecule is CC(C)OC(=O)CNCc1ccc(C(C)C)cc1. The number of rotatable bonds is 6. The molecule has 0 saturated heterocycles. The van der Waals surface area contributed by atoms with Crippen molar-refractivity contribution in [2.75, 3.05) is 6.54 Å². The summed E-state index contributed by atoms with van der Waals surface area (Å²) in [5, 5.41) is 3.08. The van der Waals surface area contributed by atoms with Crippen LogP contribution in [0.2, 0.25) is 0 Å². The van der Waals surface area contributed by atoms with Crippen molar-refractivity contribution in [1.82, 2.24) is 5.32 Å². The van der Waals surface area contributed by atoms with Crippen molar-refractivity contribution >= 4 is 5.97 Å². The standard InChI is InChI=1S/C15H23NO2/c1-11(2)14-7-5-13(6-8-14)9-16-10-15(17)18-12(3)4/h5-8,11-12,16H,9-10H2,1-4H3. The fourth-order valence-corrected chi connectivity index (χ4v) is 1.63. The van der Waals surface area contributed by atoms with E-state index in [0.717, 1.165) is 0 Å². The second-order valence-corrected chi connectivity index (χ2v) is 5.04. The third kappa shape index (κ3) is 5.32. The molecule has 0 aromatic heterocycles. The summed E-state index contributed by atoms with van der Waals surface area (Å²) in [6, 6.07) is 8.45. The topological polar surface area (TPSA) is 38.3 Å². The molecular weight excluding hydrogens is 226 g/mol. The van der Waals surface area contributed by atoms with Gasteiger partial charge in [0.25, 0.3) is 0 Å². The maximum Gasteiger partial charge on any atom is 0.320 e.